The van der Waals surface area contributed by atoms with Crippen molar-refractivity contribution in [2.24, 2.45) is 5.92 Å². The van der Waals surface area contributed by atoms with Crippen LogP contribution in [0.2, 0.25) is 0 Å². The van der Waals surface area contributed by atoms with Gasteiger partial charge in [-0.25, -0.2) is 0 Å². The summed E-state index contributed by atoms with van der Waals surface area (Å²) in [5, 5.41) is 13.3. The molecule has 0 aromatic heterocycles. The molecule has 1 aliphatic heterocycles. The SMILES string of the molecule is CC(C)CC(C(=O)O)c1cc(-c2ccc(C(F)(F)F)cc2)cc(C2CNc3ccccc32)c1. The summed E-state index contributed by atoms with van der Waals surface area (Å²) in [7, 11) is 0. The molecular weight excluding hydrogens is 427 g/mol. The number of fused-ring (bicyclic) bond motifs is 1. The minimum absolute atomic E-state index is 0.0304. The monoisotopic (exact) mass is 453 g/mol. The molecule has 0 aliphatic carbocycles. The van der Waals surface area contributed by atoms with Crippen molar-refractivity contribution < 1.29 is 23.1 Å². The molecule has 0 fully saturated rings. The van der Waals surface area contributed by atoms with Crippen molar-refractivity contribution in [2.45, 2.75) is 38.3 Å². The number of carboxylic acid groups (broad SMARTS) is 1. The van der Waals surface area contributed by atoms with Gasteiger partial charge >= 0.3 is 12.1 Å². The highest BCUT2D eigenvalue weighted by Gasteiger charge is 2.30. The highest BCUT2D eigenvalue weighted by atomic mass is 19.4. The maximum Gasteiger partial charge on any atom is 0.416 e. The molecule has 0 spiro atoms. The molecule has 2 unspecified atom stereocenters. The van der Waals surface area contributed by atoms with E-state index >= 15 is 0 Å². The average Bonchev–Trinajstić information content (AvgIpc) is 3.20. The second kappa shape index (κ2) is 8.93. The van der Waals surface area contributed by atoms with Gasteiger partial charge in [0.05, 0.1) is 11.5 Å². The van der Waals surface area contributed by atoms with E-state index in [4.69, 9.17) is 0 Å². The summed E-state index contributed by atoms with van der Waals surface area (Å²) in [5.74, 6) is -1.38. The molecule has 4 rings (SSSR count). The molecule has 0 saturated carbocycles. The summed E-state index contributed by atoms with van der Waals surface area (Å²) >= 11 is 0. The number of carbonyl (C=O) groups is 1. The molecule has 6 heteroatoms. The molecule has 3 aromatic carbocycles. The number of carboxylic acids is 1. The Hall–Kier alpha value is -3.28. The third kappa shape index (κ3) is 4.90. The van der Waals surface area contributed by atoms with Gasteiger partial charge in [0.2, 0.25) is 0 Å². The summed E-state index contributed by atoms with van der Waals surface area (Å²) in [5.41, 5.74) is 4.43. The lowest BCUT2D eigenvalue weighted by molar-refractivity contribution is -0.139. The number of alkyl halides is 3. The maximum absolute atomic E-state index is 13.0. The normalized spacial score (nSPS) is 16.4. The zero-order valence-electron chi connectivity index (χ0n) is 18.5. The van der Waals surface area contributed by atoms with Crippen LogP contribution in [-0.4, -0.2) is 17.6 Å². The predicted molar refractivity (Wildman–Crippen MR) is 123 cm³/mol. The molecule has 1 heterocycles. The Bertz CT molecular complexity index is 1150. The molecule has 0 radical (unpaired) electrons. The van der Waals surface area contributed by atoms with Gasteiger partial charge in [0.25, 0.3) is 0 Å². The third-order valence-corrected chi connectivity index (χ3v) is 6.17. The molecule has 3 aromatic rings. The first-order valence-corrected chi connectivity index (χ1v) is 11.0. The van der Waals surface area contributed by atoms with E-state index in [2.05, 4.69) is 5.32 Å². The Labute approximate surface area is 191 Å². The van der Waals surface area contributed by atoms with E-state index in [0.717, 1.165) is 34.5 Å². The first-order chi connectivity index (χ1) is 15.6. The quantitative estimate of drug-likeness (QED) is 0.417. The van der Waals surface area contributed by atoms with E-state index < -0.39 is 23.6 Å². The predicted octanol–water partition coefficient (Wildman–Crippen LogP) is 7.14. The van der Waals surface area contributed by atoms with Crippen LogP contribution in [0.1, 0.15) is 54.4 Å². The number of nitrogens with one attached hydrogen (secondary N) is 1. The highest BCUT2D eigenvalue weighted by Crippen LogP contribution is 2.40. The lowest BCUT2D eigenvalue weighted by atomic mass is 9.84. The van der Waals surface area contributed by atoms with Crippen LogP contribution in [0.4, 0.5) is 18.9 Å². The van der Waals surface area contributed by atoms with Crippen LogP contribution in [-0.2, 0) is 11.0 Å². The van der Waals surface area contributed by atoms with Crippen LogP contribution in [0.25, 0.3) is 11.1 Å². The van der Waals surface area contributed by atoms with Gasteiger partial charge < -0.3 is 10.4 Å². The minimum atomic E-state index is -4.41. The Morgan fingerprint density at radius 2 is 1.73 bits per heavy atom. The minimum Gasteiger partial charge on any atom is -0.481 e. The first kappa shape index (κ1) is 22.9. The molecule has 3 nitrogen and oxygen atoms in total. The van der Waals surface area contributed by atoms with Gasteiger partial charge in [0.15, 0.2) is 0 Å². The van der Waals surface area contributed by atoms with E-state index in [9.17, 15) is 23.1 Å². The largest absolute Gasteiger partial charge is 0.481 e. The Balaban J connectivity index is 1.83. The number of benzene rings is 3. The summed E-state index contributed by atoms with van der Waals surface area (Å²) in [6, 6.07) is 18.7. The van der Waals surface area contributed by atoms with Crippen LogP contribution in [0.3, 0.4) is 0 Å². The topological polar surface area (TPSA) is 49.3 Å². The molecular formula is C27H26F3NO2. The van der Waals surface area contributed by atoms with Crippen molar-refractivity contribution in [3.05, 3.63) is 89.0 Å². The molecule has 172 valence electrons. The zero-order chi connectivity index (χ0) is 23.8. The summed E-state index contributed by atoms with van der Waals surface area (Å²) in [4.78, 5) is 12.1. The van der Waals surface area contributed by atoms with E-state index in [-0.39, 0.29) is 11.8 Å². The van der Waals surface area contributed by atoms with Crippen LogP contribution in [0.5, 0.6) is 0 Å². The number of rotatable bonds is 6. The van der Waals surface area contributed by atoms with Crippen LogP contribution >= 0.6 is 0 Å². The molecule has 0 amide bonds. The summed E-state index contributed by atoms with van der Waals surface area (Å²) in [6.07, 6.45) is -3.93. The van der Waals surface area contributed by atoms with Gasteiger partial charge in [-0.2, -0.15) is 13.2 Å². The van der Waals surface area contributed by atoms with E-state index in [1.165, 1.54) is 12.1 Å². The van der Waals surface area contributed by atoms with Crippen LogP contribution < -0.4 is 5.32 Å². The van der Waals surface area contributed by atoms with Crippen molar-refractivity contribution >= 4 is 11.7 Å². The molecule has 2 N–H and O–H groups in total. The van der Waals surface area contributed by atoms with Gasteiger partial charge in [0.1, 0.15) is 0 Å². The molecule has 2 atom stereocenters. The Morgan fingerprint density at radius 1 is 1.03 bits per heavy atom. The number of hydrogen-bond donors (Lipinski definition) is 2. The Morgan fingerprint density at radius 3 is 2.36 bits per heavy atom. The zero-order valence-corrected chi connectivity index (χ0v) is 18.5. The van der Waals surface area contributed by atoms with Crippen molar-refractivity contribution in [3.63, 3.8) is 0 Å². The number of anilines is 1. The van der Waals surface area contributed by atoms with E-state index in [1.54, 1.807) is 0 Å². The third-order valence-electron chi connectivity index (χ3n) is 6.17. The van der Waals surface area contributed by atoms with Crippen LogP contribution in [0, 0.1) is 5.92 Å². The van der Waals surface area contributed by atoms with Gasteiger partial charge in [-0.3, -0.25) is 4.79 Å². The Kier molecular flexibility index (Phi) is 6.19. The van der Waals surface area contributed by atoms with E-state index in [1.807, 2.05) is 56.3 Å². The van der Waals surface area contributed by atoms with Crippen molar-refractivity contribution in [1.29, 1.82) is 0 Å². The number of halogens is 3. The summed E-state index contributed by atoms with van der Waals surface area (Å²) in [6.45, 7) is 4.64. The van der Waals surface area contributed by atoms with Gasteiger partial charge in [0, 0.05) is 18.2 Å². The second-order valence-corrected chi connectivity index (χ2v) is 9.00. The van der Waals surface area contributed by atoms with Crippen molar-refractivity contribution in [2.75, 3.05) is 11.9 Å². The van der Waals surface area contributed by atoms with E-state index in [0.29, 0.717) is 24.1 Å². The molecule has 33 heavy (non-hydrogen) atoms. The van der Waals surface area contributed by atoms with Gasteiger partial charge in [-0.15, -0.1) is 0 Å². The molecule has 0 saturated heterocycles. The fourth-order valence-corrected chi connectivity index (χ4v) is 4.53. The van der Waals surface area contributed by atoms with Crippen LogP contribution in [0.15, 0.2) is 66.7 Å². The highest BCUT2D eigenvalue weighted by molar-refractivity contribution is 5.78. The first-order valence-electron chi connectivity index (χ1n) is 11.0. The number of para-hydroxylation sites is 1. The standard InChI is InChI=1S/C27H26F3NO2/c1-16(2)11-23(26(32)33)19-12-18(17-7-9-21(10-8-17)27(28,29)30)13-20(14-19)24-15-31-25-6-4-3-5-22(24)25/h3-10,12-14,16,23-24,31H,11,15H2,1-2H3,(H,32,33). The fraction of sp³-hybridized carbons (Fsp3) is 0.296. The van der Waals surface area contributed by atoms with Crippen molar-refractivity contribution in [3.8, 4) is 11.1 Å². The molecule has 0 bridgehead atoms. The smallest absolute Gasteiger partial charge is 0.416 e. The fourth-order valence-electron chi connectivity index (χ4n) is 4.53. The molecule has 1 aliphatic rings. The number of aliphatic carboxylic acids is 1. The average molecular weight is 454 g/mol. The summed E-state index contributed by atoms with van der Waals surface area (Å²) < 4.78 is 39.1. The lowest BCUT2D eigenvalue weighted by Crippen LogP contribution is -2.15. The number of hydrogen-bond acceptors (Lipinski definition) is 2. The maximum atomic E-state index is 13.0. The van der Waals surface area contributed by atoms with Gasteiger partial charge in [-0.1, -0.05) is 62.4 Å². The van der Waals surface area contributed by atoms with Crippen molar-refractivity contribution in [1.82, 2.24) is 0 Å². The lowest BCUT2D eigenvalue weighted by Gasteiger charge is -2.20. The second-order valence-electron chi connectivity index (χ2n) is 9.00. The van der Waals surface area contributed by atoms with Gasteiger partial charge in [-0.05, 0) is 58.4 Å².